The van der Waals surface area contributed by atoms with E-state index < -0.39 is 0 Å². The highest BCUT2D eigenvalue weighted by atomic mass is 16.2. The number of aromatic nitrogens is 4. The summed E-state index contributed by atoms with van der Waals surface area (Å²) in [5.74, 6) is 1.42. The van der Waals surface area contributed by atoms with Crippen LogP contribution in [0.2, 0.25) is 0 Å². The second-order valence-corrected chi connectivity index (χ2v) is 8.70. The van der Waals surface area contributed by atoms with Gasteiger partial charge in [-0.15, -0.1) is 0 Å². The third-order valence-electron chi connectivity index (χ3n) is 6.18. The summed E-state index contributed by atoms with van der Waals surface area (Å²) < 4.78 is 0. The highest BCUT2D eigenvalue weighted by molar-refractivity contribution is 5.98. The topological polar surface area (TPSA) is 74.8 Å². The fourth-order valence-corrected chi connectivity index (χ4v) is 4.02. The monoisotopic (exact) mass is 425 g/mol. The Kier molecular flexibility index (Phi) is 5.43. The van der Waals surface area contributed by atoms with Gasteiger partial charge in [0.05, 0.1) is 11.0 Å². The lowest BCUT2D eigenvalue weighted by Gasteiger charge is -2.22. The highest BCUT2D eigenvalue weighted by Gasteiger charge is 2.29. The molecule has 0 unspecified atom stereocenters. The van der Waals surface area contributed by atoms with Crippen LogP contribution in [-0.2, 0) is 6.42 Å². The maximum atomic E-state index is 13.6. The zero-order valence-electron chi connectivity index (χ0n) is 18.5. The van der Waals surface area contributed by atoms with Gasteiger partial charge in [0, 0.05) is 37.5 Å². The fourth-order valence-electron chi connectivity index (χ4n) is 4.02. The fraction of sp³-hybridized carbons (Fsp3) is 0.308. The lowest BCUT2D eigenvalue weighted by molar-refractivity contribution is 0.0743. The van der Waals surface area contributed by atoms with Gasteiger partial charge in [0.2, 0.25) is 0 Å². The Labute approximate surface area is 187 Å². The molecule has 1 fully saturated rings. The van der Waals surface area contributed by atoms with E-state index in [9.17, 15) is 4.79 Å². The third-order valence-corrected chi connectivity index (χ3v) is 6.18. The Bertz CT molecular complexity index is 1220. The predicted molar refractivity (Wildman–Crippen MR) is 125 cm³/mol. The van der Waals surface area contributed by atoms with Gasteiger partial charge in [-0.05, 0) is 55.9 Å². The van der Waals surface area contributed by atoms with Gasteiger partial charge in [-0.2, -0.15) is 0 Å². The molecule has 1 N–H and O–H groups in total. The average Bonchev–Trinajstić information content (AvgIpc) is 3.56. The molecule has 4 aromatic rings. The van der Waals surface area contributed by atoms with E-state index >= 15 is 0 Å². The van der Waals surface area contributed by atoms with Gasteiger partial charge in [-0.1, -0.05) is 30.3 Å². The summed E-state index contributed by atoms with van der Waals surface area (Å²) in [6.07, 6.45) is 6.27. The van der Waals surface area contributed by atoms with Gasteiger partial charge in [-0.3, -0.25) is 9.78 Å². The number of carbonyl (C=O) groups excluding carboxylic acids is 1. The van der Waals surface area contributed by atoms with Crippen molar-refractivity contribution in [3.05, 3.63) is 77.5 Å². The molecule has 1 saturated carbocycles. The molecule has 2 aromatic carbocycles. The summed E-state index contributed by atoms with van der Waals surface area (Å²) in [5, 5.41) is 0. The van der Waals surface area contributed by atoms with Gasteiger partial charge >= 0.3 is 0 Å². The molecule has 1 amide bonds. The van der Waals surface area contributed by atoms with Gasteiger partial charge in [0.15, 0.2) is 5.69 Å². The van der Waals surface area contributed by atoms with E-state index in [1.54, 1.807) is 12.4 Å². The number of H-pyrrole nitrogens is 1. The van der Waals surface area contributed by atoms with Gasteiger partial charge < -0.3 is 9.88 Å². The Morgan fingerprint density at radius 1 is 1.06 bits per heavy atom. The summed E-state index contributed by atoms with van der Waals surface area (Å²) in [7, 11) is 0. The van der Waals surface area contributed by atoms with Crippen molar-refractivity contribution in [1.82, 2.24) is 24.8 Å². The number of imidazole rings is 1. The van der Waals surface area contributed by atoms with Crippen LogP contribution in [0.5, 0.6) is 0 Å². The van der Waals surface area contributed by atoms with E-state index in [1.165, 1.54) is 24.0 Å². The number of carbonyl (C=O) groups is 1. The van der Waals surface area contributed by atoms with Crippen LogP contribution in [0.4, 0.5) is 0 Å². The van der Waals surface area contributed by atoms with Crippen molar-refractivity contribution in [2.75, 3.05) is 13.1 Å². The molecular formula is C26H27N5O. The first-order valence-electron chi connectivity index (χ1n) is 11.2. The largest absolute Gasteiger partial charge is 0.342 e. The number of nitrogens with zero attached hydrogens (tertiary/aromatic N) is 4. The molecule has 2 heterocycles. The third kappa shape index (κ3) is 4.26. The van der Waals surface area contributed by atoms with E-state index in [2.05, 4.69) is 40.9 Å². The number of nitrogens with one attached hydrogen (secondary N) is 1. The average molecular weight is 426 g/mol. The molecule has 0 radical (unpaired) electrons. The first kappa shape index (κ1) is 20.4. The van der Waals surface area contributed by atoms with Gasteiger partial charge in [-0.25, -0.2) is 9.97 Å². The highest BCUT2D eigenvalue weighted by Crippen LogP contribution is 2.31. The number of hydrogen-bond acceptors (Lipinski definition) is 4. The van der Waals surface area contributed by atoms with Crippen molar-refractivity contribution in [3.63, 3.8) is 0 Å². The number of hydrogen-bond donors (Lipinski definition) is 1. The van der Waals surface area contributed by atoms with Crippen LogP contribution in [0, 0.1) is 19.8 Å². The Morgan fingerprint density at radius 3 is 2.59 bits per heavy atom. The van der Waals surface area contributed by atoms with Gasteiger partial charge in [0.1, 0.15) is 11.5 Å². The number of benzene rings is 2. The molecule has 1 aliphatic carbocycles. The molecular weight excluding hydrogens is 398 g/mol. The minimum atomic E-state index is -0.0633. The Balaban J connectivity index is 1.39. The number of amides is 1. The second-order valence-electron chi connectivity index (χ2n) is 8.70. The van der Waals surface area contributed by atoms with Crippen LogP contribution < -0.4 is 0 Å². The summed E-state index contributed by atoms with van der Waals surface area (Å²) in [5.41, 5.74) is 6.44. The van der Waals surface area contributed by atoms with E-state index in [-0.39, 0.29) is 5.91 Å². The maximum Gasteiger partial charge on any atom is 0.274 e. The van der Waals surface area contributed by atoms with Crippen molar-refractivity contribution >= 4 is 16.9 Å². The predicted octanol–water partition coefficient (Wildman–Crippen LogP) is 4.73. The molecule has 32 heavy (non-hydrogen) atoms. The first-order valence-corrected chi connectivity index (χ1v) is 11.2. The lowest BCUT2D eigenvalue weighted by atomic mass is 10.1. The lowest BCUT2D eigenvalue weighted by Crippen LogP contribution is -2.36. The minimum absolute atomic E-state index is 0.0633. The van der Waals surface area contributed by atoms with Crippen LogP contribution >= 0.6 is 0 Å². The summed E-state index contributed by atoms with van der Waals surface area (Å²) in [4.78, 5) is 32.6. The second kappa shape index (κ2) is 8.54. The zero-order valence-corrected chi connectivity index (χ0v) is 18.5. The summed E-state index contributed by atoms with van der Waals surface area (Å²) in [6, 6.07) is 14.0. The molecule has 6 nitrogen and oxygen atoms in total. The zero-order chi connectivity index (χ0) is 22.1. The number of aryl methyl sites for hydroxylation is 2. The number of fused-ring (bicyclic) bond motifs is 1. The number of aromatic amines is 1. The molecule has 0 aliphatic heterocycles. The molecule has 1 aliphatic rings. The normalized spacial score (nSPS) is 13.4. The standard InChI is InChI=1S/C26H27N5O/c1-17-14-21-22(15-18(17)2)30-23(29-21)10-13-31(16-19-8-9-19)26(32)25-24(27-11-12-28-25)20-6-4-3-5-7-20/h3-7,11-12,14-15,19H,8-10,13,16H2,1-2H3,(H,29,30). The van der Waals surface area contributed by atoms with E-state index in [4.69, 9.17) is 4.98 Å². The van der Waals surface area contributed by atoms with Crippen molar-refractivity contribution < 1.29 is 4.79 Å². The summed E-state index contributed by atoms with van der Waals surface area (Å²) in [6.45, 7) is 5.56. The Hall–Kier alpha value is -3.54. The summed E-state index contributed by atoms with van der Waals surface area (Å²) >= 11 is 0. The van der Waals surface area contributed by atoms with Crippen LogP contribution in [0.1, 0.15) is 40.3 Å². The van der Waals surface area contributed by atoms with Gasteiger partial charge in [0.25, 0.3) is 5.91 Å². The minimum Gasteiger partial charge on any atom is -0.342 e. The quantitative estimate of drug-likeness (QED) is 0.464. The molecule has 2 aromatic heterocycles. The van der Waals surface area contributed by atoms with Crippen molar-refractivity contribution in [1.29, 1.82) is 0 Å². The van der Waals surface area contributed by atoms with Crippen molar-refractivity contribution in [2.45, 2.75) is 33.1 Å². The first-order chi connectivity index (χ1) is 15.6. The molecule has 6 heteroatoms. The molecule has 5 rings (SSSR count). The SMILES string of the molecule is Cc1cc2nc(CCN(CC3CC3)C(=O)c3nccnc3-c3ccccc3)[nH]c2cc1C. The smallest absolute Gasteiger partial charge is 0.274 e. The molecule has 0 spiro atoms. The van der Waals surface area contributed by atoms with E-state index in [0.717, 1.165) is 29.0 Å². The van der Waals surface area contributed by atoms with Crippen LogP contribution in [0.3, 0.4) is 0 Å². The maximum absolute atomic E-state index is 13.6. The van der Waals surface area contributed by atoms with Crippen LogP contribution in [-0.4, -0.2) is 43.8 Å². The van der Waals surface area contributed by atoms with Crippen molar-refractivity contribution in [2.24, 2.45) is 5.92 Å². The molecule has 162 valence electrons. The van der Waals surface area contributed by atoms with Crippen molar-refractivity contribution in [3.8, 4) is 11.3 Å². The molecule has 0 saturated heterocycles. The van der Waals surface area contributed by atoms with Crippen LogP contribution in [0.25, 0.3) is 22.3 Å². The van der Waals surface area contributed by atoms with Crippen LogP contribution in [0.15, 0.2) is 54.9 Å². The molecule has 0 atom stereocenters. The number of rotatable bonds is 7. The Morgan fingerprint density at radius 2 is 1.81 bits per heavy atom. The van der Waals surface area contributed by atoms with E-state index in [1.807, 2.05) is 35.2 Å². The van der Waals surface area contributed by atoms with E-state index in [0.29, 0.717) is 30.3 Å². The molecule has 0 bridgehead atoms.